The van der Waals surface area contributed by atoms with Crippen molar-refractivity contribution in [3.63, 3.8) is 0 Å². The predicted octanol–water partition coefficient (Wildman–Crippen LogP) is 4.39. The molecule has 0 aromatic carbocycles. The molecule has 0 spiro atoms. The topological polar surface area (TPSA) is 9.23 Å². The minimum absolute atomic E-state index is 0.367. The van der Waals surface area contributed by atoms with Crippen LogP contribution in [0.1, 0.15) is 52.9 Å². The largest absolute Gasteiger partial charge is 0.381 e. The molecule has 0 atom stereocenters. The standard InChI is InChI=1S/C12H25BrO/c1-4-7-8-9-14-11-12(5-2,6-3)10-13/h4-11H2,1-3H3. The summed E-state index contributed by atoms with van der Waals surface area (Å²) >= 11 is 3.60. The molecule has 86 valence electrons. The van der Waals surface area contributed by atoms with Crippen molar-refractivity contribution < 1.29 is 4.74 Å². The van der Waals surface area contributed by atoms with E-state index < -0.39 is 0 Å². The third-order valence-electron chi connectivity index (χ3n) is 3.08. The molecule has 0 saturated carbocycles. The Morgan fingerprint density at radius 1 is 1.07 bits per heavy atom. The number of alkyl halides is 1. The van der Waals surface area contributed by atoms with Crippen molar-refractivity contribution in [2.45, 2.75) is 52.9 Å². The zero-order valence-corrected chi connectivity index (χ0v) is 11.5. The van der Waals surface area contributed by atoms with Crippen LogP contribution in [-0.2, 0) is 4.74 Å². The summed E-state index contributed by atoms with van der Waals surface area (Å²) in [5.41, 5.74) is 0.367. The molecule has 0 radical (unpaired) electrons. The van der Waals surface area contributed by atoms with Crippen LogP contribution in [0.2, 0.25) is 0 Å². The van der Waals surface area contributed by atoms with Gasteiger partial charge in [-0.25, -0.2) is 0 Å². The Hall–Kier alpha value is 0.440. The highest BCUT2D eigenvalue weighted by atomic mass is 79.9. The number of hydrogen-bond acceptors (Lipinski definition) is 1. The first-order valence-electron chi connectivity index (χ1n) is 5.88. The van der Waals surface area contributed by atoms with Crippen LogP contribution in [-0.4, -0.2) is 18.5 Å². The van der Waals surface area contributed by atoms with Crippen LogP contribution in [0.4, 0.5) is 0 Å². The first kappa shape index (κ1) is 14.4. The molecule has 0 bridgehead atoms. The number of unbranched alkanes of at least 4 members (excludes halogenated alkanes) is 2. The third kappa shape index (κ3) is 5.35. The van der Waals surface area contributed by atoms with E-state index >= 15 is 0 Å². The second kappa shape index (κ2) is 8.72. The molecule has 0 heterocycles. The van der Waals surface area contributed by atoms with Crippen LogP contribution >= 0.6 is 15.9 Å². The first-order chi connectivity index (χ1) is 6.74. The quantitative estimate of drug-likeness (QED) is 0.443. The second-order valence-electron chi connectivity index (χ2n) is 4.10. The van der Waals surface area contributed by atoms with E-state index in [-0.39, 0.29) is 0 Å². The third-order valence-corrected chi connectivity index (χ3v) is 4.27. The van der Waals surface area contributed by atoms with Crippen LogP contribution in [0.5, 0.6) is 0 Å². The van der Waals surface area contributed by atoms with Gasteiger partial charge in [0, 0.05) is 17.4 Å². The molecule has 0 aromatic rings. The van der Waals surface area contributed by atoms with Crippen molar-refractivity contribution >= 4 is 15.9 Å². The molecule has 0 aliphatic heterocycles. The molecule has 0 amide bonds. The van der Waals surface area contributed by atoms with Gasteiger partial charge in [-0.05, 0) is 19.3 Å². The monoisotopic (exact) mass is 264 g/mol. The maximum absolute atomic E-state index is 5.74. The number of rotatable bonds is 9. The van der Waals surface area contributed by atoms with Crippen molar-refractivity contribution in [1.29, 1.82) is 0 Å². The average molecular weight is 265 g/mol. The molecule has 0 fully saturated rings. The van der Waals surface area contributed by atoms with Gasteiger partial charge in [0.15, 0.2) is 0 Å². The van der Waals surface area contributed by atoms with E-state index in [2.05, 4.69) is 36.7 Å². The molecule has 1 nitrogen and oxygen atoms in total. The van der Waals surface area contributed by atoms with Crippen LogP contribution in [0.3, 0.4) is 0 Å². The second-order valence-corrected chi connectivity index (χ2v) is 4.66. The summed E-state index contributed by atoms with van der Waals surface area (Å²) < 4.78 is 5.74. The summed E-state index contributed by atoms with van der Waals surface area (Å²) in [6, 6.07) is 0. The Balaban J connectivity index is 3.61. The van der Waals surface area contributed by atoms with Gasteiger partial charge in [-0.2, -0.15) is 0 Å². The first-order valence-corrected chi connectivity index (χ1v) is 7.00. The van der Waals surface area contributed by atoms with Crippen molar-refractivity contribution in [2.75, 3.05) is 18.5 Å². The lowest BCUT2D eigenvalue weighted by atomic mass is 9.86. The van der Waals surface area contributed by atoms with E-state index in [0.717, 1.165) is 18.5 Å². The SMILES string of the molecule is CCCCCOCC(CC)(CC)CBr. The summed E-state index contributed by atoms with van der Waals surface area (Å²) in [4.78, 5) is 0. The molecule has 0 unspecified atom stereocenters. The van der Waals surface area contributed by atoms with Crippen LogP contribution in [0.15, 0.2) is 0 Å². The molecule has 0 saturated heterocycles. The fourth-order valence-corrected chi connectivity index (χ4v) is 2.38. The zero-order valence-electron chi connectivity index (χ0n) is 9.94. The highest BCUT2D eigenvalue weighted by Gasteiger charge is 2.24. The van der Waals surface area contributed by atoms with Crippen molar-refractivity contribution in [1.82, 2.24) is 0 Å². The predicted molar refractivity (Wildman–Crippen MR) is 67.2 cm³/mol. The fourth-order valence-electron chi connectivity index (χ4n) is 1.42. The molecule has 0 aliphatic rings. The molecule has 0 rings (SSSR count). The molecule has 0 N–H and O–H groups in total. The van der Waals surface area contributed by atoms with Crippen LogP contribution < -0.4 is 0 Å². The number of hydrogen-bond donors (Lipinski definition) is 0. The fraction of sp³-hybridized carbons (Fsp3) is 1.00. The Morgan fingerprint density at radius 3 is 2.14 bits per heavy atom. The molecule has 2 heteroatoms. The summed E-state index contributed by atoms with van der Waals surface area (Å²) in [7, 11) is 0. The average Bonchev–Trinajstić information content (AvgIpc) is 2.24. The Morgan fingerprint density at radius 2 is 1.71 bits per heavy atom. The molecular weight excluding hydrogens is 240 g/mol. The Bertz CT molecular complexity index is 113. The van der Waals surface area contributed by atoms with Gasteiger partial charge < -0.3 is 4.74 Å². The molecule has 14 heavy (non-hydrogen) atoms. The maximum Gasteiger partial charge on any atom is 0.0530 e. The van der Waals surface area contributed by atoms with Gasteiger partial charge >= 0.3 is 0 Å². The van der Waals surface area contributed by atoms with E-state index in [0.29, 0.717) is 5.41 Å². The van der Waals surface area contributed by atoms with E-state index in [1.807, 2.05) is 0 Å². The van der Waals surface area contributed by atoms with Crippen LogP contribution in [0, 0.1) is 5.41 Å². The number of halogens is 1. The van der Waals surface area contributed by atoms with Gasteiger partial charge in [0.25, 0.3) is 0 Å². The lowest BCUT2D eigenvalue weighted by Gasteiger charge is -2.29. The zero-order chi connectivity index (χ0) is 10.9. The van der Waals surface area contributed by atoms with Crippen molar-refractivity contribution in [3.8, 4) is 0 Å². The van der Waals surface area contributed by atoms with Crippen molar-refractivity contribution in [3.05, 3.63) is 0 Å². The van der Waals surface area contributed by atoms with Crippen LogP contribution in [0.25, 0.3) is 0 Å². The summed E-state index contributed by atoms with van der Waals surface area (Å²) in [5.74, 6) is 0. The highest BCUT2D eigenvalue weighted by Crippen LogP contribution is 2.28. The van der Waals surface area contributed by atoms with Gasteiger partial charge in [0.2, 0.25) is 0 Å². The van der Waals surface area contributed by atoms with E-state index in [1.54, 1.807) is 0 Å². The molecule has 0 aromatic heterocycles. The highest BCUT2D eigenvalue weighted by molar-refractivity contribution is 9.09. The minimum Gasteiger partial charge on any atom is -0.381 e. The van der Waals surface area contributed by atoms with Gasteiger partial charge in [0.05, 0.1) is 6.61 Å². The smallest absolute Gasteiger partial charge is 0.0530 e. The van der Waals surface area contributed by atoms with E-state index in [9.17, 15) is 0 Å². The minimum atomic E-state index is 0.367. The normalized spacial score (nSPS) is 12.0. The summed E-state index contributed by atoms with van der Waals surface area (Å²) in [5, 5.41) is 1.06. The molecular formula is C12H25BrO. The van der Waals surface area contributed by atoms with E-state index in [1.165, 1.54) is 32.1 Å². The van der Waals surface area contributed by atoms with Gasteiger partial charge in [-0.15, -0.1) is 0 Å². The van der Waals surface area contributed by atoms with Gasteiger partial charge in [-0.1, -0.05) is 49.5 Å². The lowest BCUT2D eigenvalue weighted by molar-refractivity contribution is 0.0496. The Labute approximate surface area is 97.7 Å². The van der Waals surface area contributed by atoms with Crippen molar-refractivity contribution in [2.24, 2.45) is 5.41 Å². The van der Waals surface area contributed by atoms with E-state index in [4.69, 9.17) is 4.74 Å². The lowest BCUT2D eigenvalue weighted by Crippen LogP contribution is -2.27. The maximum atomic E-state index is 5.74. The molecule has 0 aliphatic carbocycles. The summed E-state index contributed by atoms with van der Waals surface area (Å²) in [6.07, 6.45) is 6.17. The van der Waals surface area contributed by atoms with Gasteiger partial charge in [0.1, 0.15) is 0 Å². The number of ether oxygens (including phenoxy) is 1. The summed E-state index contributed by atoms with van der Waals surface area (Å²) in [6.45, 7) is 8.57. The Kier molecular flexibility index (Phi) is 9.00. The van der Waals surface area contributed by atoms with Gasteiger partial charge in [-0.3, -0.25) is 0 Å².